The van der Waals surface area contributed by atoms with Crippen molar-refractivity contribution in [2.75, 3.05) is 0 Å². The first-order valence-electron chi connectivity index (χ1n) is 4.94. The molecule has 0 amide bonds. The number of hydrogen-bond donors (Lipinski definition) is 4. The number of rotatable bonds is 0. The second-order valence-corrected chi connectivity index (χ2v) is 5.92. The van der Waals surface area contributed by atoms with Gasteiger partial charge in [-0.1, -0.05) is 0 Å². The van der Waals surface area contributed by atoms with E-state index >= 15 is 0 Å². The summed E-state index contributed by atoms with van der Waals surface area (Å²) in [6, 6.07) is 0. The van der Waals surface area contributed by atoms with Gasteiger partial charge in [-0.05, 0) is 32.1 Å². The van der Waals surface area contributed by atoms with Crippen LogP contribution in [0.15, 0.2) is 0 Å². The van der Waals surface area contributed by atoms with Crippen molar-refractivity contribution in [1.29, 1.82) is 0 Å². The van der Waals surface area contributed by atoms with Crippen molar-refractivity contribution in [3.63, 3.8) is 0 Å². The molecule has 0 aromatic heterocycles. The lowest BCUT2D eigenvalue weighted by Crippen LogP contribution is -2.58. The molecule has 0 aliphatic heterocycles. The summed E-state index contributed by atoms with van der Waals surface area (Å²) >= 11 is 0. The topological polar surface area (TPSA) is 104 Å². The summed E-state index contributed by atoms with van der Waals surface area (Å²) in [4.78, 5) is 0. The minimum Gasteiger partial charge on any atom is -0.325 e. The lowest BCUT2D eigenvalue weighted by molar-refractivity contribution is 0.187. The molecule has 4 fully saturated rings. The average Bonchev–Trinajstić information content (AvgIpc) is 1.96. The van der Waals surface area contributed by atoms with E-state index in [4.69, 9.17) is 22.9 Å². The van der Waals surface area contributed by atoms with E-state index in [-0.39, 0.29) is 22.2 Å². The van der Waals surface area contributed by atoms with Gasteiger partial charge in [0.05, 0.1) is 0 Å². The fourth-order valence-corrected chi connectivity index (χ4v) is 4.42. The summed E-state index contributed by atoms with van der Waals surface area (Å²) < 4.78 is 0. The summed E-state index contributed by atoms with van der Waals surface area (Å²) in [5.74, 6) is 0. The predicted octanol–water partition coefficient (Wildman–Crippen LogP) is -1.23. The summed E-state index contributed by atoms with van der Waals surface area (Å²) in [6.07, 6.45) is 4.33. The molecular formula is C9H18N4. The standard InChI is InChI=1S/C9H18N4/c10-6-1-7(11)4-8(12,2-6)9(13,3-6)5-7/h1-5,10-13H2. The van der Waals surface area contributed by atoms with Crippen molar-refractivity contribution >= 4 is 0 Å². The normalized spacial score (nSPS) is 69.2. The average molecular weight is 182 g/mol. The summed E-state index contributed by atoms with van der Waals surface area (Å²) in [5, 5.41) is 0. The lowest BCUT2D eigenvalue weighted by atomic mass is 9.71. The third kappa shape index (κ3) is 0.760. The molecule has 4 heteroatoms. The van der Waals surface area contributed by atoms with Crippen LogP contribution in [-0.2, 0) is 0 Å². The summed E-state index contributed by atoms with van der Waals surface area (Å²) in [5.41, 5.74) is 24.2. The Kier molecular flexibility index (Phi) is 1.05. The Morgan fingerprint density at radius 3 is 1.08 bits per heavy atom. The Morgan fingerprint density at radius 1 is 0.538 bits per heavy atom. The van der Waals surface area contributed by atoms with Crippen LogP contribution in [0.25, 0.3) is 0 Å². The highest BCUT2D eigenvalue weighted by molar-refractivity contribution is 5.34. The highest BCUT2D eigenvalue weighted by Crippen LogP contribution is 2.61. The van der Waals surface area contributed by atoms with Gasteiger partial charge in [0.25, 0.3) is 0 Å². The molecule has 4 saturated carbocycles. The van der Waals surface area contributed by atoms with E-state index in [0.717, 1.165) is 32.1 Å². The Labute approximate surface area is 78.0 Å². The molecule has 4 aliphatic rings. The fraction of sp³-hybridized carbons (Fsp3) is 1.00. The van der Waals surface area contributed by atoms with Crippen LogP contribution in [0.5, 0.6) is 0 Å². The van der Waals surface area contributed by atoms with Gasteiger partial charge in [0.2, 0.25) is 0 Å². The van der Waals surface area contributed by atoms with Crippen LogP contribution in [0.1, 0.15) is 32.1 Å². The zero-order valence-electron chi connectivity index (χ0n) is 7.84. The van der Waals surface area contributed by atoms with E-state index in [9.17, 15) is 0 Å². The van der Waals surface area contributed by atoms with Crippen LogP contribution < -0.4 is 22.9 Å². The largest absolute Gasteiger partial charge is 0.325 e. The molecule has 0 unspecified atom stereocenters. The predicted molar refractivity (Wildman–Crippen MR) is 50.8 cm³/mol. The van der Waals surface area contributed by atoms with E-state index in [1.54, 1.807) is 0 Å². The summed E-state index contributed by atoms with van der Waals surface area (Å²) in [6.45, 7) is 0. The molecule has 0 radical (unpaired) electrons. The maximum Gasteiger partial charge on any atom is 0.0373 e. The van der Waals surface area contributed by atoms with Crippen molar-refractivity contribution in [2.45, 2.75) is 54.3 Å². The molecule has 8 N–H and O–H groups in total. The SMILES string of the molecule is NC12CC3(N)CC(N)(C1)C(N)(C2)C3. The zero-order valence-corrected chi connectivity index (χ0v) is 7.84. The fourth-order valence-electron chi connectivity index (χ4n) is 4.42. The Morgan fingerprint density at radius 2 is 0.846 bits per heavy atom. The van der Waals surface area contributed by atoms with Crippen molar-refractivity contribution in [3.05, 3.63) is 0 Å². The molecule has 4 rings (SSSR count). The molecule has 4 nitrogen and oxygen atoms in total. The van der Waals surface area contributed by atoms with Crippen LogP contribution in [0.4, 0.5) is 0 Å². The van der Waals surface area contributed by atoms with Crippen LogP contribution in [0.2, 0.25) is 0 Å². The maximum atomic E-state index is 6.30. The lowest BCUT2D eigenvalue weighted by Gasteiger charge is -2.43. The van der Waals surface area contributed by atoms with Crippen LogP contribution in [0, 0.1) is 0 Å². The zero-order chi connectivity index (χ0) is 9.54. The molecule has 0 atom stereocenters. The van der Waals surface area contributed by atoms with E-state index in [0.29, 0.717) is 0 Å². The third-order valence-electron chi connectivity index (χ3n) is 4.37. The molecule has 0 aromatic rings. The minimum atomic E-state index is -0.283. The van der Waals surface area contributed by atoms with Gasteiger partial charge >= 0.3 is 0 Å². The van der Waals surface area contributed by atoms with Gasteiger partial charge in [-0.15, -0.1) is 0 Å². The van der Waals surface area contributed by atoms with E-state index in [2.05, 4.69) is 0 Å². The third-order valence-corrected chi connectivity index (χ3v) is 4.37. The summed E-state index contributed by atoms with van der Waals surface area (Å²) in [7, 11) is 0. The molecule has 0 aromatic carbocycles. The van der Waals surface area contributed by atoms with Gasteiger partial charge in [-0.2, -0.15) is 0 Å². The van der Waals surface area contributed by atoms with E-state index in [1.165, 1.54) is 0 Å². The van der Waals surface area contributed by atoms with Gasteiger partial charge in [-0.3, -0.25) is 0 Å². The molecule has 0 saturated heterocycles. The molecule has 4 aliphatic carbocycles. The second-order valence-electron chi connectivity index (χ2n) is 5.92. The molecule has 74 valence electrons. The van der Waals surface area contributed by atoms with Crippen LogP contribution >= 0.6 is 0 Å². The van der Waals surface area contributed by atoms with Gasteiger partial charge in [0.1, 0.15) is 0 Å². The first-order chi connectivity index (χ1) is 5.79. The first kappa shape index (κ1) is 8.17. The maximum absolute atomic E-state index is 6.30. The van der Waals surface area contributed by atoms with Gasteiger partial charge in [-0.25, -0.2) is 0 Å². The van der Waals surface area contributed by atoms with Crippen molar-refractivity contribution in [3.8, 4) is 0 Å². The Hall–Kier alpha value is -0.160. The molecule has 0 heterocycles. The van der Waals surface area contributed by atoms with Gasteiger partial charge in [0, 0.05) is 22.2 Å². The highest BCUT2D eigenvalue weighted by Gasteiger charge is 2.72. The van der Waals surface area contributed by atoms with Gasteiger partial charge < -0.3 is 22.9 Å². The first-order valence-corrected chi connectivity index (χ1v) is 4.94. The van der Waals surface area contributed by atoms with Crippen molar-refractivity contribution in [1.82, 2.24) is 0 Å². The quantitative estimate of drug-likeness (QED) is 0.376. The monoisotopic (exact) mass is 182 g/mol. The van der Waals surface area contributed by atoms with Gasteiger partial charge in [0.15, 0.2) is 0 Å². The molecular weight excluding hydrogens is 164 g/mol. The molecule has 0 spiro atoms. The second kappa shape index (κ2) is 1.67. The Bertz CT molecular complexity index is 245. The minimum absolute atomic E-state index is 0.172. The number of nitrogens with two attached hydrogens (primary N) is 4. The Balaban J connectivity index is 2.14. The highest BCUT2D eigenvalue weighted by atomic mass is 15.1. The van der Waals surface area contributed by atoms with Crippen LogP contribution in [0.3, 0.4) is 0 Å². The molecule has 13 heavy (non-hydrogen) atoms. The van der Waals surface area contributed by atoms with E-state index < -0.39 is 0 Å². The van der Waals surface area contributed by atoms with E-state index in [1.807, 2.05) is 0 Å². The van der Waals surface area contributed by atoms with Crippen molar-refractivity contribution < 1.29 is 0 Å². The van der Waals surface area contributed by atoms with Crippen LogP contribution in [-0.4, -0.2) is 22.2 Å². The smallest absolute Gasteiger partial charge is 0.0373 e. The van der Waals surface area contributed by atoms with Crippen molar-refractivity contribution in [2.24, 2.45) is 22.9 Å². The molecule has 4 bridgehead atoms. The number of hydrogen-bond acceptors (Lipinski definition) is 4.